The van der Waals surface area contributed by atoms with Gasteiger partial charge >= 0.3 is 0 Å². The number of anilines is 1. The van der Waals surface area contributed by atoms with E-state index in [-0.39, 0.29) is 22.6 Å². The average molecular weight is 321 g/mol. The fraction of sp³-hybridized carbons (Fsp3) is 0.316. The van der Waals surface area contributed by atoms with Crippen LogP contribution in [0.25, 0.3) is 0 Å². The number of aryl methyl sites for hydroxylation is 1. The molecule has 0 saturated heterocycles. The zero-order valence-corrected chi connectivity index (χ0v) is 13.7. The molecule has 0 radical (unpaired) electrons. The molecule has 0 spiro atoms. The fourth-order valence-electron chi connectivity index (χ4n) is 4.12. The van der Waals surface area contributed by atoms with Crippen LogP contribution >= 0.6 is 0 Å². The number of nitro benzene ring substituents is 1. The van der Waals surface area contributed by atoms with Gasteiger partial charge in [0.15, 0.2) is 0 Å². The second-order valence-electron chi connectivity index (χ2n) is 6.64. The minimum Gasteiger partial charge on any atom is -0.372 e. The van der Waals surface area contributed by atoms with Crippen LogP contribution < -0.4 is 5.32 Å². The van der Waals surface area contributed by atoms with Crippen molar-refractivity contribution >= 4 is 11.4 Å². The van der Waals surface area contributed by atoms with Crippen LogP contribution in [-0.2, 0) is 0 Å². The zero-order valence-electron chi connectivity index (χ0n) is 13.7. The number of hydrogen-bond donors (Lipinski definition) is 1. The van der Waals surface area contributed by atoms with Crippen molar-refractivity contribution in [2.75, 3.05) is 5.32 Å². The van der Waals surface area contributed by atoms with Crippen molar-refractivity contribution in [1.29, 1.82) is 0 Å². The number of fused-ring (bicyclic) bond motifs is 3. The summed E-state index contributed by atoms with van der Waals surface area (Å²) in [5.41, 5.74) is 5.19. The van der Waals surface area contributed by atoms with Gasteiger partial charge in [0.25, 0.3) is 5.69 Å². The Morgan fingerprint density at radius 3 is 2.75 bits per heavy atom. The SMILES string of the molecule is Cc1cc([N+](=O)[O-])c2c(c1C)[C@@H]1C=CC[C@H]1[C@H](c1ccncc1)N2. The summed E-state index contributed by atoms with van der Waals surface area (Å²) >= 11 is 0. The van der Waals surface area contributed by atoms with Gasteiger partial charge in [0.1, 0.15) is 5.69 Å². The molecule has 122 valence electrons. The van der Waals surface area contributed by atoms with E-state index in [1.807, 2.05) is 19.1 Å². The Bertz CT molecular complexity index is 845. The number of benzene rings is 1. The van der Waals surface area contributed by atoms with Crippen LogP contribution in [0.4, 0.5) is 11.4 Å². The lowest BCUT2D eigenvalue weighted by Crippen LogP contribution is -2.30. The molecule has 1 N–H and O–H groups in total. The Morgan fingerprint density at radius 2 is 2.04 bits per heavy atom. The monoisotopic (exact) mass is 321 g/mol. The van der Waals surface area contributed by atoms with Crippen LogP contribution in [0.3, 0.4) is 0 Å². The Labute approximate surface area is 140 Å². The van der Waals surface area contributed by atoms with Gasteiger partial charge in [-0.05, 0) is 60.6 Å². The molecule has 5 nitrogen and oxygen atoms in total. The third-order valence-corrected chi connectivity index (χ3v) is 5.41. The van der Waals surface area contributed by atoms with Gasteiger partial charge in [-0.25, -0.2) is 0 Å². The third kappa shape index (κ3) is 2.12. The number of nitrogens with one attached hydrogen (secondary N) is 1. The predicted molar refractivity (Wildman–Crippen MR) is 93.2 cm³/mol. The minimum absolute atomic E-state index is 0.0568. The molecule has 1 aromatic carbocycles. The van der Waals surface area contributed by atoms with Gasteiger partial charge in [-0.15, -0.1) is 0 Å². The first-order valence-corrected chi connectivity index (χ1v) is 8.19. The van der Waals surface area contributed by atoms with Crippen molar-refractivity contribution in [2.45, 2.75) is 32.2 Å². The number of nitro groups is 1. The van der Waals surface area contributed by atoms with Crippen molar-refractivity contribution in [2.24, 2.45) is 5.92 Å². The highest BCUT2D eigenvalue weighted by Gasteiger charge is 2.41. The predicted octanol–water partition coefficient (Wildman–Crippen LogP) is 4.43. The first kappa shape index (κ1) is 14.9. The quantitative estimate of drug-likeness (QED) is 0.504. The molecule has 0 saturated carbocycles. The summed E-state index contributed by atoms with van der Waals surface area (Å²) in [6.45, 7) is 4.01. The van der Waals surface area contributed by atoms with E-state index in [0.29, 0.717) is 11.6 Å². The Balaban J connectivity index is 1.92. The maximum absolute atomic E-state index is 11.6. The lowest BCUT2D eigenvalue weighted by Gasteiger charge is -2.38. The molecule has 0 fully saturated rings. The summed E-state index contributed by atoms with van der Waals surface area (Å²) in [4.78, 5) is 15.4. The molecule has 2 aliphatic rings. The molecule has 3 atom stereocenters. The van der Waals surface area contributed by atoms with Gasteiger partial charge in [0.2, 0.25) is 0 Å². The summed E-state index contributed by atoms with van der Waals surface area (Å²) in [6.07, 6.45) is 8.95. The number of pyridine rings is 1. The van der Waals surface area contributed by atoms with Crippen molar-refractivity contribution in [3.05, 3.63) is 75.1 Å². The van der Waals surface area contributed by atoms with E-state index in [9.17, 15) is 10.1 Å². The first-order valence-electron chi connectivity index (χ1n) is 8.19. The summed E-state index contributed by atoms with van der Waals surface area (Å²) in [6, 6.07) is 5.72. The van der Waals surface area contributed by atoms with Gasteiger partial charge in [-0.3, -0.25) is 15.1 Å². The number of rotatable bonds is 2. The number of hydrogen-bond acceptors (Lipinski definition) is 4. The maximum Gasteiger partial charge on any atom is 0.292 e. The van der Waals surface area contributed by atoms with Crippen LogP contribution in [0.15, 0.2) is 42.7 Å². The van der Waals surface area contributed by atoms with E-state index >= 15 is 0 Å². The minimum atomic E-state index is -0.277. The highest BCUT2D eigenvalue weighted by atomic mass is 16.6. The van der Waals surface area contributed by atoms with Gasteiger partial charge < -0.3 is 5.32 Å². The normalized spacial score (nSPS) is 24.2. The summed E-state index contributed by atoms with van der Waals surface area (Å²) in [5.74, 6) is 0.595. The van der Waals surface area contributed by atoms with E-state index in [2.05, 4.69) is 29.4 Å². The van der Waals surface area contributed by atoms with Gasteiger partial charge in [-0.1, -0.05) is 12.2 Å². The molecule has 0 amide bonds. The van der Waals surface area contributed by atoms with E-state index < -0.39 is 0 Å². The Hall–Kier alpha value is -2.69. The Morgan fingerprint density at radius 1 is 1.29 bits per heavy atom. The lowest BCUT2D eigenvalue weighted by molar-refractivity contribution is -0.384. The molecule has 1 aliphatic carbocycles. The maximum atomic E-state index is 11.6. The molecule has 5 heteroatoms. The Kier molecular flexibility index (Phi) is 3.37. The molecule has 0 unspecified atom stereocenters. The van der Waals surface area contributed by atoms with E-state index in [1.54, 1.807) is 18.5 Å². The number of aromatic nitrogens is 1. The standard InChI is InChI=1S/C19H19N3O2/c1-11-10-16(22(23)24)19-17(12(11)2)14-4-3-5-15(14)18(21-19)13-6-8-20-9-7-13/h3-4,6-10,14-15,18,21H,5H2,1-2H3/t14-,15-,18+/m1/s1. The van der Waals surface area contributed by atoms with Crippen LogP contribution in [0, 0.1) is 29.9 Å². The fourth-order valence-corrected chi connectivity index (χ4v) is 4.12. The molecule has 1 aliphatic heterocycles. The lowest BCUT2D eigenvalue weighted by atomic mass is 9.75. The van der Waals surface area contributed by atoms with Gasteiger partial charge in [-0.2, -0.15) is 0 Å². The average Bonchev–Trinajstić information content (AvgIpc) is 3.07. The van der Waals surface area contributed by atoms with Gasteiger partial charge in [0.05, 0.1) is 11.0 Å². The molecule has 4 rings (SSSR count). The zero-order chi connectivity index (χ0) is 16.8. The molecule has 0 bridgehead atoms. The highest BCUT2D eigenvalue weighted by Crippen LogP contribution is 2.53. The molecular weight excluding hydrogens is 302 g/mol. The van der Waals surface area contributed by atoms with E-state index in [1.165, 1.54) is 0 Å². The van der Waals surface area contributed by atoms with Crippen LogP contribution in [0.5, 0.6) is 0 Å². The van der Waals surface area contributed by atoms with Crippen molar-refractivity contribution < 1.29 is 4.92 Å². The van der Waals surface area contributed by atoms with Crippen molar-refractivity contribution in [3.8, 4) is 0 Å². The second kappa shape index (κ2) is 5.44. The molecule has 1 aromatic heterocycles. The van der Waals surface area contributed by atoms with E-state index in [4.69, 9.17) is 0 Å². The third-order valence-electron chi connectivity index (χ3n) is 5.41. The highest BCUT2D eigenvalue weighted by molar-refractivity contribution is 5.74. The van der Waals surface area contributed by atoms with Crippen molar-refractivity contribution in [3.63, 3.8) is 0 Å². The molecule has 24 heavy (non-hydrogen) atoms. The largest absolute Gasteiger partial charge is 0.372 e. The second-order valence-corrected chi connectivity index (χ2v) is 6.64. The van der Waals surface area contributed by atoms with Crippen molar-refractivity contribution in [1.82, 2.24) is 4.98 Å². The smallest absolute Gasteiger partial charge is 0.292 e. The first-order chi connectivity index (χ1) is 11.6. The van der Waals surface area contributed by atoms with Crippen LogP contribution in [-0.4, -0.2) is 9.91 Å². The number of nitrogens with zero attached hydrogens (tertiary/aromatic N) is 2. The summed E-state index contributed by atoms with van der Waals surface area (Å²) < 4.78 is 0. The topological polar surface area (TPSA) is 68.1 Å². The molecule has 2 aromatic rings. The number of allylic oxidation sites excluding steroid dienone is 2. The molecular formula is C19H19N3O2. The van der Waals surface area contributed by atoms with Gasteiger partial charge in [0, 0.05) is 24.4 Å². The van der Waals surface area contributed by atoms with E-state index in [0.717, 1.165) is 28.7 Å². The summed E-state index contributed by atoms with van der Waals surface area (Å²) in [5, 5.41) is 15.1. The summed E-state index contributed by atoms with van der Waals surface area (Å²) in [7, 11) is 0. The molecule has 2 heterocycles. The van der Waals surface area contributed by atoms with Crippen LogP contribution in [0.2, 0.25) is 0 Å². The van der Waals surface area contributed by atoms with Crippen LogP contribution in [0.1, 0.15) is 40.6 Å².